The van der Waals surface area contributed by atoms with Crippen molar-refractivity contribution in [2.45, 2.75) is 31.5 Å². The van der Waals surface area contributed by atoms with Gasteiger partial charge >= 0.3 is 6.09 Å². The molecule has 1 aliphatic rings. The highest BCUT2D eigenvalue weighted by atomic mass is 19.1. The Morgan fingerprint density at radius 3 is 2.38 bits per heavy atom. The van der Waals surface area contributed by atoms with Crippen molar-refractivity contribution in [2.24, 2.45) is 0 Å². The molecule has 3 aromatic rings. The van der Waals surface area contributed by atoms with Crippen molar-refractivity contribution in [1.29, 1.82) is 0 Å². The van der Waals surface area contributed by atoms with Crippen LogP contribution in [0.1, 0.15) is 40.8 Å². The van der Waals surface area contributed by atoms with Crippen molar-refractivity contribution in [2.75, 3.05) is 13.2 Å². The van der Waals surface area contributed by atoms with Gasteiger partial charge in [-0.3, -0.25) is 4.98 Å². The molecular formula is C25H25FN2O4. The summed E-state index contributed by atoms with van der Waals surface area (Å²) in [5, 5.41) is 23.1. The summed E-state index contributed by atoms with van der Waals surface area (Å²) in [4.78, 5) is 16.1. The minimum Gasteiger partial charge on any atom is -0.449 e. The van der Waals surface area contributed by atoms with Crippen molar-refractivity contribution in [1.82, 2.24) is 10.3 Å². The summed E-state index contributed by atoms with van der Waals surface area (Å²) in [7, 11) is 0. The van der Waals surface area contributed by atoms with Gasteiger partial charge in [0, 0.05) is 12.5 Å². The summed E-state index contributed by atoms with van der Waals surface area (Å²) >= 11 is 0. The third-order valence-corrected chi connectivity index (χ3v) is 5.78. The molecule has 1 aliphatic carbocycles. The van der Waals surface area contributed by atoms with Crippen LogP contribution in [0.4, 0.5) is 9.18 Å². The number of aryl methyl sites for hydroxylation is 1. The number of benzene rings is 2. The normalized spacial score (nSPS) is 14.4. The van der Waals surface area contributed by atoms with Gasteiger partial charge in [0.1, 0.15) is 18.5 Å². The highest BCUT2D eigenvalue weighted by Gasteiger charge is 2.29. The van der Waals surface area contributed by atoms with Gasteiger partial charge in [-0.05, 0) is 47.2 Å². The maximum absolute atomic E-state index is 13.2. The number of nitrogens with zero attached hydrogens (tertiary/aromatic N) is 1. The number of aliphatic hydroxyl groups excluding tert-OH is 2. The van der Waals surface area contributed by atoms with E-state index in [1.54, 1.807) is 6.92 Å². The van der Waals surface area contributed by atoms with Crippen LogP contribution in [0.3, 0.4) is 0 Å². The molecule has 1 heterocycles. The van der Waals surface area contributed by atoms with E-state index in [-0.39, 0.29) is 31.2 Å². The van der Waals surface area contributed by atoms with E-state index < -0.39 is 24.1 Å². The zero-order valence-electron chi connectivity index (χ0n) is 17.7. The summed E-state index contributed by atoms with van der Waals surface area (Å²) in [6, 6.07) is 17.4. The fourth-order valence-electron chi connectivity index (χ4n) is 4.17. The standard InChI is InChI=1S/C25H25FN2O4/c1-15-12-16(26)13-28-23(15)24(30)22(29)10-11-27-25(31)32-14-21-19-8-4-2-6-17(19)18-7-3-5-9-20(18)21/h2-9,12-13,21-22,24,29-30H,10-11,14H2,1H3,(H,27,31). The van der Waals surface area contributed by atoms with Gasteiger partial charge in [0.15, 0.2) is 0 Å². The second-order valence-corrected chi connectivity index (χ2v) is 7.91. The first-order valence-corrected chi connectivity index (χ1v) is 10.5. The van der Waals surface area contributed by atoms with Crippen LogP contribution in [-0.2, 0) is 4.74 Å². The van der Waals surface area contributed by atoms with Crippen LogP contribution in [0, 0.1) is 12.7 Å². The van der Waals surface area contributed by atoms with Gasteiger partial charge < -0.3 is 20.3 Å². The number of hydrogen-bond donors (Lipinski definition) is 3. The number of aliphatic hydroxyl groups is 2. The van der Waals surface area contributed by atoms with E-state index in [9.17, 15) is 19.4 Å². The van der Waals surface area contributed by atoms with Gasteiger partial charge in [-0.2, -0.15) is 0 Å². The number of nitrogens with one attached hydrogen (secondary N) is 1. The van der Waals surface area contributed by atoms with E-state index in [4.69, 9.17) is 4.74 Å². The number of carbonyl (C=O) groups excluding carboxylic acids is 1. The number of alkyl carbamates (subject to hydrolysis) is 1. The fourth-order valence-corrected chi connectivity index (χ4v) is 4.17. The fraction of sp³-hybridized carbons (Fsp3) is 0.280. The lowest BCUT2D eigenvalue weighted by molar-refractivity contribution is 0.0107. The number of hydrogen-bond acceptors (Lipinski definition) is 5. The molecule has 7 heteroatoms. The van der Waals surface area contributed by atoms with Crippen molar-refractivity contribution < 1.29 is 24.1 Å². The van der Waals surface area contributed by atoms with Crippen LogP contribution >= 0.6 is 0 Å². The van der Waals surface area contributed by atoms with Gasteiger partial charge in [0.25, 0.3) is 0 Å². The Bertz CT molecular complexity index is 1080. The highest BCUT2D eigenvalue weighted by Crippen LogP contribution is 2.44. The second-order valence-electron chi connectivity index (χ2n) is 7.91. The minimum absolute atomic E-state index is 0.0342. The van der Waals surface area contributed by atoms with Crippen molar-refractivity contribution in [3.8, 4) is 11.1 Å². The summed E-state index contributed by atoms with van der Waals surface area (Å²) in [5.74, 6) is -0.544. The molecule has 2 unspecified atom stereocenters. The quantitative estimate of drug-likeness (QED) is 0.523. The van der Waals surface area contributed by atoms with Crippen LogP contribution in [0.15, 0.2) is 60.8 Å². The lowest BCUT2D eigenvalue weighted by atomic mass is 9.98. The number of fused-ring (bicyclic) bond motifs is 3. The summed E-state index contributed by atoms with van der Waals surface area (Å²) in [6.45, 7) is 1.91. The van der Waals surface area contributed by atoms with Gasteiger partial charge in [-0.25, -0.2) is 9.18 Å². The van der Waals surface area contributed by atoms with E-state index in [1.807, 2.05) is 36.4 Å². The Balaban J connectivity index is 1.29. The Morgan fingerprint density at radius 1 is 1.12 bits per heavy atom. The first-order valence-electron chi connectivity index (χ1n) is 10.5. The molecule has 0 bridgehead atoms. The molecule has 1 aromatic heterocycles. The van der Waals surface area contributed by atoms with E-state index >= 15 is 0 Å². The van der Waals surface area contributed by atoms with Gasteiger partial charge in [0.05, 0.1) is 18.0 Å². The Kier molecular flexibility index (Phi) is 6.48. The van der Waals surface area contributed by atoms with E-state index in [0.717, 1.165) is 28.5 Å². The monoisotopic (exact) mass is 436 g/mol. The predicted octanol–water partition coefficient (Wildman–Crippen LogP) is 3.85. The first-order chi connectivity index (χ1) is 15.5. The third kappa shape index (κ3) is 4.49. The van der Waals surface area contributed by atoms with Gasteiger partial charge in [-0.15, -0.1) is 0 Å². The summed E-state index contributed by atoms with van der Waals surface area (Å²) < 4.78 is 18.6. The van der Waals surface area contributed by atoms with Crippen LogP contribution in [0.2, 0.25) is 0 Å². The van der Waals surface area contributed by atoms with Crippen molar-refractivity contribution in [3.05, 3.63) is 89.0 Å². The molecule has 0 saturated carbocycles. The maximum atomic E-state index is 13.2. The molecule has 3 N–H and O–H groups in total. The molecule has 0 fully saturated rings. The van der Waals surface area contributed by atoms with Crippen molar-refractivity contribution in [3.63, 3.8) is 0 Å². The number of pyridine rings is 1. The smallest absolute Gasteiger partial charge is 0.407 e. The molecule has 166 valence electrons. The molecule has 0 spiro atoms. The SMILES string of the molecule is Cc1cc(F)cnc1C(O)C(O)CCNC(=O)OCC1c2ccccc2-c2ccccc21. The maximum Gasteiger partial charge on any atom is 0.407 e. The van der Waals surface area contributed by atoms with Crippen LogP contribution < -0.4 is 5.32 Å². The summed E-state index contributed by atoms with van der Waals surface area (Å²) in [6.07, 6.45) is -1.96. The molecule has 4 rings (SSSR count). The zero-order valence-corrected chi connectivity index (χ0v) is 17.7. The topological polar surface area (TPSA) is 91.7 Å². The lowest BCUT2D eigenvalue weighted by Crippen LogP contribution is -2.31. The van der Waals surface area contributed by atoms with Crippen LogP contribution in [0.5, 0.6) is 0 Å². The zero-order chi connectivity index (χ0) is 22.7. The Morgan fingerprint density at radius 2 is 1.75 bits per heavy atom. The number of carbonyl (C=O) groups is 1. The first kappa shape index (κ1) is 21.9. The van der Waals surface area contributed by atoms with E-state index in [1.165, 1.54) is 6.07 Å². The van der Waals surface area contributed by atoms with Crippen LogP contribution in [0.25, 0.3) is 11.1 Å². The average Bonchev–Trinajstić information content (AvgIpc) is 3.11. The van der Waals surface area contributed by atoms with Crippen LogP contribution in [-0.4, -0.2) is 40.5 Å². The molecule has 0 saturated heterocycles. The molecule has 6 nitrogen and oxygen atoms in total. The van der Waals surface area contributed by atoms with E-state index in [2.05, 4.69) is 22.4 Å². The molecular weight excluding hydrogens is 411 g/mol. The number of halogens is 1. The van der Waals surface area contributed by atoms with Gasteiger partial charge in [-0.1, -0.05) is 48.5 Å². The number of rotatable bonds is 7. The van der Waals surface area contributed by atoms with E-state index in [0.29, 0.717) is 5.56 Å². The number of amides is 1. The molecule has 0 radical (unpaired) electrons. The molecule has 0 aliphatic heterocycles. The number of aromatic nitrogens is 1. The highest BCUT2D eigenvalue weighted by molar-refractivity contribution is 5.79. The Labute approximate surface area is 185 Å². The third-order valence-electron chi connectivity index (χ3n) is 5.78. The minimum atomic E-state index is -1.28. The molecule has 2 atom stereocenters. The van der Waals surface area contributed by atoms with Crippen molar-refractivity contribution >= 4 is 6.09 Å². The molecule has 1 amide bonds. The Hall–Kier alpha value is -3.29. The predicted molar refractivity (Wildman–Crippen MR) is 118 cm³/mol. The van der Waals surface area contributed by atoms with Gasteiger partial charge in [0.2, 0.25) is 0 Å². The second kappa shape index (κ2) is 9.46. The molecule has 2 aromatic carbocycles. The largest absolute Gasteiger partial charge is 0.449 e. The summed E-state index contributed by atoms with van der Waals surface area (Å²) in [5.41, 5.74) is 5.21. The molecule has 32 heavy (non-hydrogen) atoms. The average molecular weight is 436 g/mol. The lowest BCUT2D eigenvalue weighted by Gasteiger charge is -2.19. The number of ether oxygens (including phenoxy) is 1.